The smallest absolute Gasteiger partial charge is 0.216 e. The molecule has 2 atom stereocenters. The Morgan fingerprint density at radius 3 is 2.95 bits per heavy atom. The summed E-state index contributed by atoms with van der Waals surface area (Å²) in [6, 6.07) is 1.48. The van der Waals surface area contributed by atoms with Crippen LogP contribution in [0.1, 0.15) is 31.0 Å². The number of nitrogens with zero attached hydrogens (tertiary/aromatic N) is 3. The van der Waals surface area contributed by atoms with Gasteiger partial charge in [-0.05, 0) is 25.2 Å². The highest BCUT2D eigenvalue weighted by molar-refractivity contribution is 7.88. The lowest BCUT2D eigenvalue weighted by Crippen LogP contribution is -2.40. The summed E-state index contributed by atoms with van der Waals surface area (Å²) in [5.41, 5.74) is 6.91. The van der Waals surface area contributed by atoms with Crippen LogP contribution in [-0.4, -0.2) is 49.1 Å². The summed E-state index contributed by atoms with van der Waals surface area (Å²) in [7, 11) is -1.58. The fourth-order valence-electron chi connectivity index (χ4n) is 2.67. The molecule has 0 aliphatic carbocycles. The van der Waals surface area contributed by atoms with Gasteiger partial charge in [-0.3, -0.25) is 0 Å². The van der Waals surface area contributed by atoms with Crippen molar-refractivity contribution in [2.45, 2.75) is 25.3 Å². The van der Waals surface area contributed by atoms with Gasteiger partial charge in [0.1, 0.15) is 6.33 Å². The minimum atomic E-state index is -3.12. The number of nitrogens with two attached hydrogens (primary N) is 1. The molecule has 0 amide bonds. The van der Waals surface area contributed by atoms with Crippen LogP contribution >= 0.6 is 0 Å². The molecule has 2 N–H and O–H groups in total. The normalized spacial score (nSPS) is 22.0. The van der Waals surface area contributed by atoms with Crippen LogP contribution < -0.4 is 10.5 Å². The Kier molecular flexibility index (Phi) is 5.13. The fourth-order valence-corrected chi connectivity index (χ4v) is 3.61. The van der Waals surface area contributed by atoms with Crippen LogP contribution in [0.5, 0.6) is 5.88 Å². The monoisotopic (exact) mass is 314 g/mol. The van der Waals surface area contributed by atoms with Crippen LogP contribution in [-0.2, 0) is 10.0 Å². The first kappa shape index (κ1) is 16.1. The topological polar surface area (TPSA) is 98.4 Å². The zero-order chi connectivity index (χ0) is 15.5. The van der Waals surface area contributed by atoms with E-state index in [9.17, 15) is 8.42 Å². The molecule has 1 aromatic heterocycles. The molecule has 0 saturated carbocycles. The summed E-state index contributed by atoms with van der Waals surface area (Å²) < 4.78 is 29.9. The molecule has 118 valence electrons. The van der Waals surface area contributed by atoms with Gasteiger partial charge in [-0.1, -0.05) is 0 Å². The lowest BCUT2D eigenvalue weighted by atomic mass is 9.91. The third-order valence-electron chi connectivity index (χ3n) is 3.79. The van der Waals surface area contributed by atoms with Gasteiger partial charge < -0.3 is 10.5 Å². The summed E-state index contributed by atoms with van der Waals surface area (Å²) in [4.78, 5) is 8.13. The van der Waals surface area contributed by atoms with Crippen LogP contribution in [0.4, 0.5) is 0 Å². The van der Waals surface area contributed by atoms with Gasteiger partial charge in [0, 0.05) is 25.2 Å². The Labute approximate surface area is 125 Å². The number of hydrogen-bond acceptors (Lipinski definition) is 6. The molecular formula is C13H22N4O3S. The molecule has 7 nitrogen and oxygen atoms in total. The number of sulfonamides is 1. The molecule has 8 heteroatoms. The maximum atomic E-state index is 11.6. The van der Waals surface area contributed by atoms with Gasteiger partial charge in [-0.2, -0.15) is 0 Å². The van der Waals surface area contributed by atoms with Crippen molar-refractivity contribution in [3.63, 3.8) is 0 Å². The van der Waals surface area contributed by atoms with E-state index in [1.54, 1.807) is 13.2 Å². The average molecular weight is 314 g/mol. The second-order valence-electron chi connectivity index (χ2n) is 5.46. The Hall–Kier alpha value is -1.25. The molecule has 1 fully saturated rings. The summed E-state index contributed by atoms with van der Waals surface area (Å²) in [5, 5.41) is 0. The van der Waals surface area contributed by atoms with E-state index in [-0.39, 0.29) is 12.0 Å². The van der Waals surface area contributed by atoms with Crippen LogP contribution in [0.15, 0.2) is 12.4 Å². The summed E-state index contributed by atoms with van der Waals surface area (Å²) in [6.45, 7) is 1.14. The molecule has 21 heavy (non-hydrogen) atoms. The molecule has 1 aliphatic heterocycles. The third kappa shape index (κ3) is 4.36. The minimum absolute atomic E-state index is 0.244. The quantitative estimate of drug-likeness (QED) is 0.852. The van der Waals surface area contributed by atoms with Gasteiger partial charge in [-0.25, -0.2) is 22.7 Å². The lowest BCUT2D eigenvalue weighted by molar-refractivity contribution is 0.246. The molecule has 0 bridgehead atoms. The van der Waals surface area contributed by atoms with Gasteiger partial charge in [0.25, 0.3) is 0 Å². The average Bonchev–Trinajstić information content (AvgIpc) is 2.46. The van der Waals surface area contributed by atoms with E-state index in [1.807, 2.05) is 0 Å². The highest BCUT2D eigenvalue weighted by Gasteiger charge is 2.27. The van der Waals surface area contributed by atoms with Crippen molar-refractivity contribution in [3.05, 3.63) is 18.1 Å². The van der Waals surface area contributed by atoms with E-state index in [1.165, 1.54) is 16.9 Å². The fraction of sp³-hybridized carbons (Fsp3) is 0.692. The number of hydrogen-bond donors (Lipinski definition) is 1. The van der Waals surface area contributed by atoms with Crippen molar-refractivity contribution in [1.82, 2.24) is 14.3 Å². The van der Waals surface area contributed by atoms with Crippen LogP contribution in [0.3, 0.4) is 0 Å². The van der Waals surface area contributed by atoms with Gasteiger partial charge >= 0.3 is 0 Å². The third-order valence-corrected chi connectivity index (χ3v) is 5.06. The van der Waals surface area contributed by atoms with Gasteiger partial charge in [0.2, 0.25) is 15.9 Å². The molecule has 2 rings (SSSR count). The van der Waals surface area contributed by atoms with E-state index in [0.717, 1.165) is 18.5 Å². The lowest BCUT2D eigenvalue weighted by Gasteiger charge is -2.32. The predicted molar refractivity (Wildman–Crippen MR) is 79.3 cm³/mol. The van der Waals surface area contributed by atoms with Crippen molar-refractivity contribution in [2.24, 2.45) is 11.7 Å². The van der Waals surface area contributed by atoms with E-state index in [4.69, 9.17) is 10.5 Å². The summed E-state index contributed by atoms with van der Waals surface area (Å²) >= 11 is 0. The number of ether oxygens (including phenoxy) is 1. The van der Waals surface area contributed by atoms with Crippen molar-refractivity contribution >= 4 is 10.0 Å². The first-order chi connectivity index (χ1) is 9.90. The van der Waals surface area contributed by atoms with Gasteiger partial charge in [0.15, 0.2) is 0 Å². The van der Waals surface area contributed by atoms with Crippen LogP contribution in [0, 0.1) is 5.92 Å². The predicted octanol–water partition coefficient (Wildman–Crippen LogP) is 0.547. The maximum Gasteiger partial charge on any atom is 0.216 e. The first-order valence-corrected chi connectivity index (χ1v) is 8.81. The highest BCUT2D eigenvalue weighted by Crippen LogP contribution is 2.27. The summed E-state index contributed by atoms with van der Waals surface area (Å²) in [6.07, 6.45) is 5.24. The minimum Gasteiger partial charge on any atom is -0.481 e. The molecule has 0 radical (unpaired) electrons. The van der Waals surface area contributed by atoms with E-state index >= 15 is 0 Å². The second-order valence-corrected chi connectivity index (χ2v) is 7.44. The first-order valence-electron chi connectivity index (χ1n) is 6.96. The van der Waals surface area contributed by atoms with Gasteiger partial charge in [-0.15, -0.1) is 0 Å². The Bertz CT molecular complexity index is 579. The largest absolute Gasteiger partial charge is 0.481 e. The molecule has 2 unspecified atom stereocenters. The standard InChI is InChI=1S/C13H22N4O3S/c1-20-13-7-12(15-9-16-13)11(14)6-10-4-3-5-17(8-10)21(2,18)19/h7,9-11H,3-6,8,14H2,1-2H3. The summed E-state index contributed by atoms with van der Waals surface area (Å²) in [5.74, 6) is 0.737. The maximum absolute atomic E-state index is 11.6. The molecule has 1 aliphatic rings. The van der Waals surface area contributed by atoms with Crippen molar-refractivity contribution < 1.29 is 13.2 Å². The van der Waals surface area contributed by atoms with Gasteiger partial charge in [0.05, 0.1) is 19.1 Å². The Morgan fingerprint density at radius 2 is 2.29 bits per heavy atom. The Balaban J connectivity index is 2.00. The highest BCUT2D eigenvalue weighted by atomic mass is 32.2. The molecule has 0 spiro atoms. The van der Waals surface area contributed by atoms with E-state index < -0.39 is 10.0 Å². The molecule has 0 aromatic carbocycles. The molecule has 1 saturated heterocycles. The number of piperidine rings is 1. The van der Waals surface area contributed by atoms with Crippen molar-refractivity contribution in [3.8, 4) is 5.88 Å². The molecule has 1 aromatic rings. The number of rotatable bonds is 5. The second kappa shape index (κ2) is 6.67. The van der Waals surface area contributed by atoms with Crippen molar-refractivity contribution in [2.75, 3.05) is 26.5 Å². The zero-order valence-electron chi connectivity index (χ0n) is 12.4. The molecule has 2 heterocycles. The van der Waals surface area contributed by atoms with Crippen molar-refractivity contribution in [1.29, 1.82) is 0 Å². The SMILES string of the molecule is COc1cc(C(N)CC2CCCN(S(C)(=O)=O)C2)ncn1. The van der Waals surface area contributed by atoms with E-state index in [2.05, 4.69) is 9.97 Å². The van der Waals surface area contributed by atoms with Crippen LogP contribution in [0.2, 0.25) is 0 Å². The zero-order valence-corrected chi connectivity index (χ0v) is 13.2. The van der Waals surface area contributed by atoms with E-state index in [0.29, 0.717) is 25.4 Å². The molecular weight excluding hydrogens is 292 g/mol. The number of aromatic nitrogens is 2. The number of methoxy groups -OCH3 is 1. The van der Waals surface area contributed by atoms with Crippen LogP contribution in [0.25, 0.3) is 0 Å². The Morgan fingerprint density at radius 1 is 1.52 bits per heavy atom.